The number of hydrogen-bond donors (Lipinski definition) is 0. The molecule has 0 N–H and O–H groups in total. The van der Waals surface area contributed by atoms with E-state index in [0.29, 0.717) is 49.3 Å². The van der Waals surface area contributed by atoms with Gasteiger partial charge in [0.05, 0.1) is 6.26 Å². The molecule has 118 valence electrons. The number of amides is 1. The lowest BCUT2D eigenvalue weighted by Gasteiger charge is -2.21. The summed E-state index contributed by atoms with van der Waals surface area (Å²) in [5.41, 5.74) is 1.80. The molecular weight excluding hydrogens is 306 g/mol. The van der Waals surface area contributed by atoms with Crippen molar-refractivity contribution >= 4 is 27.0 Å². The van der Waals surface area contributed by atoms with Crippen LogP contribution in [0.1, 0.15) is 16.8 Å². The number of carbonyl (C=O) groups excluding carboxylic acids is 1. The van der Waals surface area contributed by atoms with Crippen LogP contribution in [0, 0.1) is 0 Å². The molecule has 1 aromatic carbocycles. The Hall–Kier alpha value is -1.93. The molecule has 8 heteroatoms. The number of hydrogen-bond acceptors (Lipinski definition) is 5. The number of aromatic nitrogens is 1. The maximum absolute atomic E-state index is 12.6. The molecule has 3 rings (SSSR count). The van der Waals surface area contributed by atoms with E-state index in [-0.39, 0.29) is 5.91 Å². The van der Waals surface area contributed by atoms with Crippen molar-refractivity contribution in [1.82, 2.24) is 14.2 Å². The summed E-state index contributed by atoms with van der Waals surface area (Å²) >= 11 is 0. The van der Waals surface area contributed by atoms with Crippen LogP contribution >= 0.6 is 0 Å². The van der Waals surface area contributed by atoms with E-state index in [1.807, 2.05) is 0 Å². The molecule has 0 atom stereocenters. The van der Waals surface area contributed by atoms with Gasteiger partial charge in [-0.3, -0.25) is 4.79 Å². The predicted molar refractivity (Wildman–Crippen MR) is 80.9 cm³/mol. The number of nitrogens with zero attached hydrogens (tertiary/aromatic N) is 3. The third kappa shape index (κ3) is 2.97. The molecule has 22 heavy (non-hydrogen) atoms. The van der Waals surface area contributed by atoms with E-state index < -0.39 is 10.0 Å². The van der Waals surface area contributed by atoms with E-state index in [4.69, 9.17) is 4.42 Å². The topological polar surface area (TPSA) is 83.7 Å². The molecule has 2 heterocycles. The van der Waals surface area contributed by atoms with Crippen molar-refractivity contribution in [3.05, 3.63) is 30.2 Å². The van der Waals surface area contributed by atoms with Crippen molar-refractivity contribution in [1.29, 1.82) is 0 Å². The first kappa shape index (κ1) is 15.0. The van der Waals surface area contributed by atoms with Gasteiger partial charge in [0.15, 0.2) is 12.0 Å². The van der Waals surface area contributed by atoms with Crippen LogP contribution in [0.3, 0.4) is 0 Å². The molecule has 0 unspecified atom stereocenters. The lowest BCUT2D eigenvalue weighted by Crippen LogP contribution is -2.36. The van der Waals surface area contributed by atoms with E-state index in [0.717, 1.165) is 0 Å². The Balaban J connectivity index is 1.77. The molecule has 0 saturated carbocycles. The second-order valence-electron chi connectivity index (χ2n) is 5.34. The Labute approximate surface area is 128 Å². The molecule has 1 aliphatic rings. The number of sulfonamides is 1. The molecule has 7 nitrogen and oxygen atoms in total. The molecule has 1 fully saturated rings. The summed E-state index contributed by atoms with van der Waals surface area (Å²) in [6.45, 7) is 1.71. The molecule has 0 bridgehead atoms. The van der Waals surface area contributed by atoms with Gasteiger partial charge in [-0.15, -0.1) is 0 Å². The van der Waals surface area contributed by atoms with E-state index >= 15 is 0 Å². The largest absolute Gasteiger partial charge is 0.443 e. The quantitative estimate of drug-likeness (QED) is 0.821. The number of rotatable bonds is 2. The zero-order chi connectivity index (χ0) is 15.7. The highest BCUT2D eigenvalue weighted by molar-refractivity contribution is 7.88. The minimum Gasteiger partial charge on any atom is -0.443 e. The number of carbonyl (C=O) groups is 1. The van der Waals surface area contributed by atoms with Crippen LogP contribution in [-0.2, 0) is 10.0 Å². The Morgan fingerprint density at radius 1 is 1.23 bits per heavy atom. The lowest BCUT2D eigenvalue weighted by atomic mass is 10.1. The molecule has 1 saturated heterocycles. The maximum Gasteiger partial charge on any atom is 0.254 e. The van der Waals surface area contributed by atoms with Crippen LogP contribution in [0.25, 0.3) is 11.1 Å². The Morgan fingerprint density at radius 2 is 2.05 bits per heavy atom. The van der Waals surface area contributed by atoms with Gasteiger partial charge >= 0.3 is 0 Å². The normalized spacial score (nSPS) is 17.6. The second kappa shape index (κ2) is 5.69. The molecule has 0 aliphatic carbocycles. The second-order valence-corrected chi connectivity index (χ2v) is 7.33. The van der Waals surface area contributed by atoms with Crippen molar-refractivity contribution < 1.29 is 17.6 Å². The first-order valence-corrected chi connectivity index (χ1v) is 8.87. The van der Waals surface area contributed by atoms with Crippen LogP contribution in [0.2, 0.25) is 0 Å². The van der Waals surface area contributed by atoms with E-state index in [9.17, 15) is 13.2 Å². The van der Waals surface area contributed by atoms with Crippen LogP contribution in [-0.4, -0.2) is 60.9 Å². The molecule has 1 aliphatic heterocycles. The predicted octanol–water partition coefficient (Wildman–Crippen LogP) is 0.935. The summed E-state index contributed by atoms with van der Waals surface area (Å²) in [4.78, 5) is 18.3. The first-order chi connectivity index (χ1) is 10.4. The van der Waals surface area contributed by atoms with Gasteiger partial charge < -0.3 is 9.32 Å². The van der Waals surface area contributed by atoms with Crippen molar-refractivity contribution in [3.63, 3.8) is 0 Å². The fourth-order valence-electron chi connectivity index (χ4n) is 2.60. The summed E-state index contributed by atoms with van der Waals surface area (Å²) in [6, 6.07) is 5.13. The van der Waals surface area contributed by atoms with Crippen LogP contribution in [0.4, 0.5) is 0 Å². The van der Waals surface area contributed by atoms with Crippen LogP contribution in [0.5, 0.6) is 0 Å². The number of fused-ring (bicyclic) bond motifs is 1. The average Bonchev–Trinajstić information content (AvgIpc) is 2.78. The highest BCUT2D eigenvalue weighted by Crippen LogP contribution is 2.17. The van der Waals surface area contributed by atoms with Crippen molar-refractivity contribution in [2.45, 2.75) is 6.42 Å². The lowest BCUT2D eigenvalue weighted by molar-refractivity contribution is 0.0764. The number of benzene rings is 1. The van der Waals surface area contributed by atoms with Crippen LogP contribution < -0.4 is 0 Å². The maximum atomic E-state index is 12.6. The van der Waals surface area contributed by atoms with Gasteiger partial charge in [0.1, 0.15) is 5.52 Å². The first-order valence-electron chi connectivity index (χ1n) is 7.03. The third-order valence-electron chi connectivity index (χ3n) is 3.79. The summed E-state index contributed by atoms with van der Waals surface area (Å²) in [5, 5.41) is 0. The van der Waals surface area contributed by atoms with Crippen molar-refractivity contribution in [3.8, 4) is 0 Å². The highest BCUT2D eigenvalue weighted by atomic mass is 32.2. The molecule has 1 aromatic heterocycles. The fraction of sp³-hybridized carbons (Fsp3) is 0.429. The molecule has 1 amide bonds. The monoisotopic (exact) mass is 323 g/mol. The van der Waals surface area contributed by atoms with Gasteiger partial charge in [-0.05, 0) is 24.6 Å². The smallest absolute Gasteiger partial charge is 0.254 e. The van der Waals surface area contributed by atoms with Crippen LogP contribution in [0.15, 0.2) is 29.0 Å². The zero-order valence-electron chi connectivity index (χ0n) is 12.2. The minimum atomic E-state index is -3.21. The SMILES string of the molecule is CS(=O)(=O)N1CCCN(C(=O)c2ccc3ncoc3c2)CC1. The van der Waals surface area contributed by atoms with Gasteiger partial charge in [-0.2, -0.15) is 0 Å². The van der Waals surface area contributed by atoms with Gasteiger partial charge in [0, 0.05) is 31.7 Å². The van der Waals surface area contributed by atoms with E-state index in [2.05, 4.69) is 4.98 Å². The number of oxazole rings is 1. The van der Waals surface area contributed by atoms with Gasteiger partial charge in [0.2, 0.25) is 10.0 Å². The van der Waals surface area contributed by atoms with Gasteiger partial charge in [-0.25, -0.2) is 17.7 Å². The fourth-order valence-corrected chi connectivity index (χ4v) is 3.47. The Bertz CT molecular complexity index is 799. The average molecular weight is 323 g/mol. The minimum absolute atomic E-state index is 0.117. The van der Waals surface area contributed by atoms with E-state index in [1.54, 1.807) is 23.1 Å². The Morgan fingerprint density at radius 3 is 2.82 bits per heavy atom. The standard InChI is InChI=1S/C14H17N3O4S/c1-22(19,20)17-6-2-5-16(7-8-17)14(18)11-3-4-12-13(9-11)21-10-15-12/h3-4,9-10H,2,5-8H2,1H3. The third-order valence-corrected chi connectivity index (χ3v) is 5.09. The van der Waals surface area contributed by atoms with Crippen molar-refractivity contribution in [2.24, 2.45) is 0 Å². The van der Waals surface area contributed by atoms with Gasteiger partial charge in [0.25, 0.3) is 5.91 Å². The van der Waals surface area contributed by atoms with Crippen molar-refractivity contribution in [2.75, 3.05) is 32.4 Å². The molecule has 0 radical (unpaired) electrons. The highest BCUT2D eigenvalue weighted by Gasteiger charge is 2.24. The zero-order valence-corrected chi connectivity index (χ0v) is 13.0. The summed E-state index contributed by atoms with van der Waals surface area (Å²) in [6.07, 6.45) is 3.17. The van der Waals surface area contributed by atoms with E-state index in [1.165, 1.54) is 17.0 Å². The molecule has 2 aromatic rings. The molecule has 0 spiro atoms. The Kier molecular flexibility index (Phi) is 3.88. The molecular formula is C14H17N3O4S. The van der Waals surface area contributed by atoms with Gasteiger partial charge in [-0.1, -0.05) is 0 Å². The summed E-state index contributed by atoms with van der Waals surface area (Å²) in [7, 11) is -3.21. The summed E-state index contributed by atoms with van der Waals surface area (Å²) in [5.74, 6) is -0.117. The summed E-state index contributed by atoms with van der Waals surface area (Å²) < 4.78 is 29.8.